The maximum atomic E-state index is 3.79. The highest BCUT2D eigenvalue weighted by Gasteiger charge is 2.20. The van der Waals surface area contributed by atoms with Crippen molar-refractivity contribution in [2.24, 2.45) is 5.92 Å². The zero-order valence-corrected chi connectivity index (χ0v) is 14.9. The largest absolute Gasteiger partial charge is 0.313 e. The van der Waals surface area contributed by atoms with Gasteiger partial charge in [-0.25, -0.2) is 0 Å². The van der Waals surface area contributed by atoms with Crippen molar-refractivity contribution in [2.45, 2.75) is 65.3 Å². The summed E-state index contributed by atoms with van der Waals surface area (Å²) in [4.78, 5) is 1.50. The highest BCUT2D eigenvalue weighted by molar-refractivity contribution is 9.11. The van der Waals surface area contributed by atoms with E-state index in [9.17, 15) is 0 Å². The summed E-state index contributed by atoms with van der Waals surface area (Å²) in [6.07, 6.45) is 7.69. The van der Waals surface area contributed by atoms with Crippen LogP contribution in [-0.4, -0.2) is 12.6 Å². The van der Waals surface area contributed by atoms with Gasteiger partial charge in [-0.15, -0.1) is 11.3 Å². The highest BCUT2D eigenvalue weighted by Crippen LogP contribution is 2.27. The average molecular weight is 346 g/mol. The van der Waals surface area contributed by atoms with Crippen LogP contribution in [0.1, 0.15) is 57.8 Å². The second-order valence-corrected chi connectivity index (χ2v) is 7.86. The molecule has 0 spiro atoms. The van der Waals surface area contributed by atoms with Gasteiger partial charge >= 0.3 is 0 Å². The van der Waals surface area contributed by atoms with Crippen LogP contribution in [0.2, 0.25) is 0 Å². The van der Waals surface area contributed by atoms with Gasteiger partial charge in [0, 0.05) is 10.9 Å². The second-order valence-electron chi connectivity index (χ2n) is 5.31. The summed E-state index contributed by atoms with van der Waals surface area (Å²) in [6, 6.07) is 5.08. The van der Waals surface area contributed by atoms with E-state index < -0.39 is 0 Å². The predicted octanol–water partition coefficient (Wildman–Crippen LogP) is 5.64. The van der Waals surface area contributed by atoms with E-state index in [0.29, 0.717) is 6.04 Å². The van der Waals surface area contributed by atoms with Gasteiger partial charge in [-0.3, -0.25) is 0 Å². The minimum absolute atomic E-state index is 0.644. The third-order valence-electron chi connectivity index (χ3n) is 3.59. The van der Waals surface area contributed by atoms with Crippen LogP contribution in [0.25, 0.3) is 0 Å². The molecule has 110 valence electrons. The van der Waals surface area contributed by atoms with E-state index in [4.69, 9.17) is 0 Å². The van der Waals surface area contributed by atoms with Crippen LogP contribution >= 0.6 is 27.3 Å². The molecule has 0 aromatic carbocycles. The fraction of sp³-hybridized carbons (Fsp3) is 0.750. The van der Waals surface area contributed by atoms with Crippen LogP contribution in [0.4, 0.5) is 0 Å². The minimum Gasteiger partial charge on any atom is -0.313 e. The molecular weight excluding hydrogens is 318 g/mol. The summed E-state index contributed by atoms with van der Waals surface area (Å²) in [5.41, 5.74) is 0. The van der Waals surface area contributed by atoms with Crippen LogP contribution in [-0.2, 0) is 6.42 Å². The molecule has 1 unspecified atom stereocenters. The molecule has 0 aliphatic heterocycles. The molecule has 0 aliphatic rings. The Morgan fingerprint density at radius 2 is 1.79 bits per heavy atom. The van der Waals surface area contributed by atoms with Crippen LogP contribution in [0.15, 0.2) is 15.9 Å². The van der Waals surface area contributed by atoms with Gasteiger partial charge < -0.3 is 5.32 Å². The predicted molar refractivity (Wildman–Crippen MR) is 91.1 cm³/mol. The van der Waals surface area contributed by atoms with Gasteiger partial charge in [0.25, 0.3) is 0 Å². The lowest BCUT2D eigenvalue weighted by Gasteiger charge is -2.27. The first kappa shape index (κ1) is 17.2. The topological polar surface area (TPSA) is 12.0 Å². The van der Waals surface area contributed by atoms with Crippen LogP contribution in [0, 0.1) is 5.92 Å². The molecule has 1 atom stereocenters. The van der Waals surface area contributed by atoms with Crippen molar-refractivity contribution in [3.63, 3.8) is 0 Å². The second kappa shape index (κ2) is 9.95. The molecule has 1 heterocycles. The first-order chi connectivity index (χ1) is 9.21. The summed E-state index contributed by atoms with van der Waals surface area (Å²) in [6.45, 7) is 8.00. The van der Waals surface area contributed by atoms with E-state index in [1.165, 1.54) is 47.2 Å². The number of halogens is 1. The fourth-order valence-electron chi connectivity index (χ4n) is 2.70. The summed E-state index contributed by atoms with van der Waals surface area (Å²) in [5, 5.41) is 3.79. The molecule has 0 amide bonds. The number of hydrogen-bond acceptors (Lipinski definition) is 2. The Kier molecular flexibility index (Phi) is 9.01. The Morgan fingerprint density at radius 3 is 2.26 bits per heavy atom. The van der Waals surface area contributed by atoms with Crippen molar-refractivity contribution in [3.05, 3.63) is 20.8 Å². The van der Waals surface area contributed by atoms with Gasteiger partial charge in [-0.1, -0.05) is 33.6 Å². The molecule has 0 saturated heterocycles. The summed E-state index contributed by atoms with van der Waals surface area (Å²) in [7, 11) is 0. The van der Waals surface area contributed by atoms with Gasteiger partial charge in [0.15, 0.2) is 0 Å². The third-order valence-corrected chi connectivity index (χ3v) is 5.24. The van der Waals surface area contributed by atoms with Crippen molar-refractivity contribution in [1.29, 1.82) is 0 Å². The number of nitrogens with one attached hydrogen (secondary N) is 1. The number of thiophene rings is 1. The van der Waals surface area contributed by atoms with Crippen molar-refractivity contribution in [1.82, 2.24) is 5.32 Å². The number of hydrogen-bond donors (Lipinski definition) is 1. The van der Waals surface area contributed by atoms with Crippen LogP contribution in [0.3, 0.4) is 0 Å². The zero-order chi connectivity index (χ0) is 14.1. The number of rotatable bonds is 10. The van der Waals surface area contributed by atoms with E-state index >= 15 is 0 Å². The molecule has 1 aromatic rings. The van der Waals surface area contributed by atoms with Crippen molar-refractivity contribution < 1.29 is 0 Å². The van der Waals surface area contributed by atoms with E-state index in [-0.39, 0.29) is 0 Å². The maximum Gasteiger partial charge on any atom is 0.0701 e. The molecule has 3 heteroatoms. The molecule has 0 aliphatic carbocycles. The lowest BCUT2D eigenvalue weighted by molar-refractivity contribution is 0.310. The van der Waals surface area contributed by atoms with Gasteiger partial charge in [0.1, 0.15) is 0 Å². The molecule has 0 bridgehead atoms. The van der Waals surface area contributed by atoms with Gasteiger partial charge in [-0.2, -0.15) is 0 Å². The monoisotopic (exact) mass is 345 g/mol. The molecule has 1 rings (SSSR count). The van der Waals surface area contributed by atoms with Crippen molar-refractivity contribution >= 4 is 27.3 Å². The van der Waals surface area contributed by atoms with E-state index in [0.717, 1.165) is 12.5 Å². The fourth-order valence-corrected chi connectivity index (χ4v) is 4.24. The third kappa shape index (κ3) is 6.42. The SMILES string of the molecule is CCCNC(Cc1ccc(Br)s1)C(CCC)CCC. The van der Waals surface area contributed by atoms with Crippen LogP contribution in [0.5, 0.6) is 0 Å². The normalized spacial score (nSPS) is 13.1. The summed E-state index contributed by atoms with van der Waals surface area (Å²) < 4.78 is 1.25. The Hall–Kier alpha value is 0.140. The van der Waals surface area contributed by atoms with E-state index in [2.05, 4.69) is 54.2 Å². The Morgan fingerprint density at radius 1 is 1.11 bits per heavy atom. The summed E-state index contributed by atoms with van der Waals surface area (Å²) in [5.74, 6) is 0.822. The lowest BCUT2D eigenvalue weighted by Crippen LogP contribution is -2.38. The quantitative estimate of drug-likeness (QED) is 0.578. The van der Waals surface area contributed by atoms with E-state index in [1.807, 2.05) is 11.3 Å². The smallest absolute Gasteiger partial charge is 0.0701 e. The van der Waals surface area contributed by atoms with Crippen LogP contribution < -0.4 is 5.32 Å². The molecule has 0 fully saturated rings. The van der Waals surface area contributed by atoms with Gasteiger partial charge in [0.05, 0.1) is 3.79 Å². The highest BCUT2D eigenvalue weighted by atomic mass is 79.9. The minimum atomic E-state index is 0.644. The first-order valence-electron chi connectivity index (χ1n) is 7.68. The lowest BCUT2D eigenvalue weighted by atomic mass is 9.88. The maximum absolute atomic E-state index is 3.79. The average Bonchev–Trinajstić information content (AvgIpc) is 2.80. The molecule has 0 radical (unpaired) electrons. The Bertz CT molecular complexity index is 331. The molecular formula is C16H28BrNS. The standard InChI is InChI=1S/C16H28BrNS/c1-4-7-13(8-5-2)15(18-11-6-3)12-14-9-10-16(17)19-14/h9-10,13,15,18H,4-8,11-12H2,1-3H3. The van der Waals surface area contributed by atoms with Gasteiger partial charge in [-0.05, 0) is 66.2 Å². The molecule has 1 nitrogen and oxygen atoms in total. The Labute approximate surface area is 131 Å². The zero-order valence-electron chi connectivity index (χ0n) is 12.5. The Balaban J connectivity index is 2.67. The van der Waals surface area contributed by atoms with Crippen molar-refractivity contribution in [2.75, 3.05) is 6.54 Å². The van der Waals surface area contributed by atoms with E-state index in [1.54, 1.807) is 0 Å². The van der Waals surface area contributed by atoms with Gasteiger partial charge in [0.2, 0.25) is 0 Å². The molecule has 0 saturated carbocycles. The first-order valence-corrected chi connectivity index (χ1v) is 9.29. The molecule has 1 aromatic heterocycles. The summed E-state index contributed by atoms with van der Waals surface area (Å²) >= 11 is 5.45. The van der Waals surface area contributed by atoms with Crippen molar-refractivity contribution in [3.8, 4) is 0 Å². The molecule has 1 N–H and O–H groups in total. The molecule has 19 heavy (non-hydrogen) atoms.